The first-order valence-electron chi connectivity index (χ1n) is 34.5. The quantitative estimate of drug-likeness (QED) is 0.0587. The molecule has 0 aromatic carbocycles. The third-order valence-corrected chi connectivity index (χ3v) is 17.3. The van der Waals surface area contributed by atoms with Crippen molar-refractivity contribution in [2.75, 3.05) is 82.3 Å². The average molecular weight is 1380 g/mol. The largest absolute Gasteiger partial charge is 0.458 e. The molecule has 1 saturated heterocycles. The van der Waals surface area contributed by atoms with Crippen LogP contribution in [0.1, 0.15) is 170 Å². The van der Waals surface area contributed by atoms with Gasteiger partial charge in [-0.25, -0.2) is 4.79 Å². The zero-order chi connectivity index (χ0) is 75.0. The minimum Gasteiger partial charge on any atom is -0.458 e. The van der Waals surface area contributed by atoms with Gasteiger partial charge in [-0.3, -0.25) is 52.7 Å². The van der Waals surface area contributed by atoms with E-state index in [1.807, 2.05) is 55.4 Å². The molecule has 27 heteroatoms. The van der Waals surface area contributed by atoms with Crippen molar-refractivity contribution in [3.63, 3.8) is 0 Å². The molecule has 11 amide bonds. The van der Waals surface area contributed by atoms with Crippen LogP contribution in [-0.4, -0.2) is 265 Å². The zero-order valence-electron chi connectivity index (χ0n) is 63.5. The number of ether oxygens (including phenoxy) is 3. The van der Waals surface area contributed by atoms with Crippen molar-refractivity contribution >= 4 is 70.9 Å². The first kappa shape index (κ1) is 88.3. The number of carbonyl (C=O) groups is 12. The molecular weight excluding hydrogens is 1250 g/mol. The van der Waals surface area contributed by atoms with E-state index in [0.29, 0.717) is 0 Å². The molecule has 1 rings (SSSR count). The Morgan fingerprint density at radius 1 is 0.526 bits per heavy atom. The molecule has 1 heterocycles. The molecule has 1 aliphatic heterocycles. The van der Waals surface area contributed by atoms with Gasteiger partial charge in [0.25, 0.3) is 0 Å². The monoisotopic (exact) mass is 1380 g/mol. The van der Waals surface area contributed by atoms with Crippen molar-refractivity contribution < 1.29 is 76.9 Å². The van der Waals surface area contributed by atoms with E-state index in [2.05, 4.69) is 21.3 Å². The zero-order valence-corrected chi connectivity index (χ0v) is 63.5. The van der Waals surface area contributed by atoms with Gasteiger partial charge in [-0.2, -0.15) is 0 Å². The van der Waals surface area contributed by atoms with Crippen LogP contribution in [-0.2, 0) is 71.7 Å². The number of carbonyl (C=O) groups excluding carboxylic acids is 12. The van der Waals surface area contributed by atoms with Crippen LogP contribution in [0.2, 0.25) is 0 Å². The van der Waals surface area contributed by atoms with E-state index >= 15 is 19.2 Å². The molecule has 1 fully saturated rings. The fourth-order valence-electron chi connectivity index (χ4n) is 11.5. The van der Waals surface area contributed by atoms with Crippen molar-refractivity contribution in [2.24, 2.45) is 41.4 Å². The molecule has 12 atom stereocenters. The van der Waals surface area contributed by atoms with E-state index in [1.54, 1.807) is 81.4 Å². The van der Waals surface area contributed by atoms with Gasteiger partial charge in [0.05, 0.1) is 32.5 Å². The summed E-state index contributed by atoms with van der Waals surface area (Å²) >= 11 is 0. The number of allylic oxidation sites excluding steroid dienone is 2. The van der Waals surface area contributed by atoms with E-state index in [9.17, 15) is 43.5 Å². The molecule has 0 bridgehead atoms. The summed E-state index contributed by atoms with van der Waals surface area (Å²) in [6.45, 7) is 31.4. The van der Waals surface area contributed by atoms with Crippen LogP contribution in [0.4, 0.5) is 0 Å². The van der Waals surface area contributed by atoms with E-state index in [4.69, 9.17) is 14.2 Å². The average Bonchev–Trinajstić information content (AvgIpc) is 0.808. The first-order chi connectivity index (χ1) is 44.8. The summed E-state index contributed by atoms with van der Waals surface area (Å²) in [6.07, 6.45) is 2.70. The summed E-state index contributed by atoms with van der Waals surface area (Å²) in [4.78, 5) is 184. The third kappa shape index (κ3) is 27.5. The lowest BCUT2D eigenvalue weighted by Gasteiger charge is -2.41. The number of rotatable bonds is 22. The molecule has 0 saturated carbocycles. The maximum atomic E-state index is 15.3. The molecule has 0 aromatic rings. The standard InChI is InChI=1S/C70H125N11O16/c1-27-29-30-46(15)59(84)58-63(88)72-48(28-2)64(89)75(20)37-54(82)76(21)50(33-40(3)4)62(87)74-56(44(11)12)68(93)77(22)51(34-41(5)6)61(86)71-47(16)60(85)73-49(38-95-31-32-96-39-55(83)97-70(17,18)19)65(90)78(23)52(35-42(7)8)66(91)79(24)53(36-43(9)10)67(92)80(25)57(45(13)14)69(94)81(58)26/h27,29,40-53,56-59,84H,28,30-39H2,1-26H3,(H,71,86)(H,72,88)(H,73,85)(H,74,87)/b29-27+/t46-,47+,48+,49-,50+,51+,52+,53+,56+,57+,58+,59-/m1/s1. The Balaban J connectivity index is 4.46. The summed E-state index contributed by atoms with van der Waals surface area (Å²) in [7, 11) is 9.74. The minimum absolute atomic E-state index is 0.000765. The molecule has 556 valence electrons. The van der Waals surface area contributed by atoms with Crippen LogP contribution in [0, 0.1) is 41.4 Å². The number of amides is 11. The molecule has 97 heavy (non-hydrogen) atoms. The van der Waals surface area contributed by atoms with Crippen molar-refractivity contribution in [3.8, 4) is 0 Å². The smallest absolute Gasteiger partial charge is 0.332 e. The number of aliphatic hydroxyl groups is 1. The maximum absolute atomic E-state index is 15.3. The van der Waals surface area contributed by atoms with Gasteiger partial charge in [0, 0.05) is 49.3 Å². The van der Waals surface area contributed by atoms with E-state index in [1.165, 1.54) is 80.8 Å². The van der Waals surface area contributed by atoms with Gasteiger partial charge in [0.15, 0.2) is 0 Å². The summed E-state index contributed by atoms with van der Waals surface area (Å²) < 4.78 is 16.7. The second-order valence-corrected chi connectivity index (χ2v) is 29.6. The molecule has 0 unspecified atom stereocenters. The highest BCUT2D eigenvalue weighted by atomic mass is 16.6. The highest BCUT2D eigenvalue weighted by molar-refractivity contribution is 5.99. The molecule has 0 spiro atoms. The number of nitrogens with one attached hydrogen (secondary N) is 4. The van der Waals surface area contributed by atoms with Crippen molar-refractivity contribution in [1.82, 2.24) is 55.6 Å². The Morgan fingerprint density at radius 3 is 1.44 bits per heavy atom. The predicted molar refractivity (Wildman–Crippen MR) is 370 cm³/mol. The van der Waals surface area contributed by atoms with Gasteiger partial charge in [0.2, 0.25) is 65.0 Å². The van der Waals surface area contributed by atoms with Gasteiger partial charge >= 0.3 is 5.97 Å². The molecule has 27 nitrogen and oxygen atoms in total. The second kappa shape index (κ2) is 41.0. The lowest BCUT2D eigenvalue weighted by atomic mass is 9.91. The Bertz CT molecular complexity index is 2660. The van der Waals surface area contributed by atoms with E-state index < -0.39 is 181 Å². The molecule has 1 aliphatic rings. The van der Waals surface area contributed by atoms with Crippen LogP contribution in [0.5, 0.6) is 0 Å². The van der Waals surface area contributed by atoms with Crippen LogP contribution in [0.3, 0.4) is 0 Å². The Hall–Kier alpha value is -6.74. The lowest BCUT2D eigenvalue weighted by molar-refractivity contribution is -0.160. The number of hydrogen-bond donors (Lipinski definition) is 5. The normalized spacial score (nSPS) is 25.2. The summed E-state index contributed by atoms with van der Waals surface area (Å²) in [5.74, 6) is -11.4. The van der Waals surface area contributed by atoms with Crippen LogP contribution in [0.15, 0.2) is 12.2 Å². The molecule has 5 N–H and O–H groups in total. The van der Waals surface area contributed by atoms with Gasteiger partial charge in [0.1, 0.15) is 72.6 Å². The fraction of sp³-hybridized carbons (Fsp3) is 0.800. The van der Waals surface area contributed by atoms with E-state index in [0.717, 1.165) is 9.80 Å². The van der Waals surface area contributed by atoms with Gasteiger partial charge in [-0.1, -0.05) is 109 Å². The Morgan fingerprint density at radius 2 is 0.969 bits per heavy atom. The molecule has 0 aliphatic carbocycles. The van der Waals surface area contributed by atoms with Crippen LogP contribution >= 0.6 is 0 Å². The number of likely N-dealkylation sites (N-methyl/N-ethyl adjacent to an activating group) is 7. The van der Waals surface area contributed by atoms with Gasteiger partial charge in [-0.05, 0) is 115 Å². The SMILES string of the molecule is C/C=C/C[C@@H](C)[C@@H](O)[C@H]1C(=O)N[C@@H](CC)C(=O)N(C)CC(=O)N(C)[C@@H](CC(C)C)C(=O)N[C@@H](C(C)C)C(=O)N(C)[C@@H](CC(C)C)C(=O)N[C@@H](C)C(=O)N[C@H](COCCOCC(=O)OC(C)(C)C)C(=O)N(C)[C@@H](CC(C)C)C(=O)N(C)[C@@H](CC(C)C)C(=O)N(C)[C@@H](C(C)C)C(=O)N1C. The number of aliphatic hydroxyl groups excluding tert-OH is 1. The predicted octanol–water partition coefficient (Wildman–Crippen LogP) is 3.62. The van der Waals surface area contributed by atoms with Crippen molar-refractivity contribution in [3.05, 3.63) is 12.2 Å². The molecule has 0 aromatic heterocycles. The van der Waals surface area contributed by atoms with Crippen LogP contribution < -0.4 is 21.3 Å². The van der Waals surface area contributed by atoms with Crippen molar-refractivity contribution in [2.45, 2.75) is 242 Å². The lowest BCUT2D eigenvalue weighted by Crippen LogP contribution is -2.63. The Labute approximate surface area is 579 Å². The molecular formula is C70H125N11O16. The highest BCUT2D eigenvalue weighted by Gasteiger charge is 2.46. The maximum Gasteiger partial charge on any atom is 0.332 e. The fourth-order valence-corrected chi connectivity index (χ4v) is 11.5. The van der Waals surface area contributed by atoms with Crippen molar-refractivity contribution in [1.29, 1.82) is 0 Å². The summed E-state index contributed by atoms with van der Waals surface area (Å²) in [5, 5.41) is 23.2. The number of esters is 1. The second-order valence-electron chi connectivity index (χ2n) is 29.6. The van der Waals surface area contributed by atoms with Gasteiger partial charge < -0.3 is 74.9 Å². The number of nitrogens with zero attached hydrogens (tertiary/aromatic N) is 7. The van der Waals surface area contributed by atoms with E-state index in [-0.39, 0.29) is 75.4 Å². The number of hydrogen-bond acceptors (Lipinski definition) is 16. The Kier molecular flexibility index (Phi) is 37.3. The topological polar surface area (TPSA) is 324 Å². The van der Waals surface area contributed by atoms with Crippen LogP contribution in [0.25, 0.3) is 0 Å². The minimum atomic E-state index is -1.65. The summed E-state index contributed by atoms with van der Waals surface area (Å²) in [6, 6.07) is -13.3. The van der Waals surface area contributed by atoms with Gasteiger partial charge in [-0.15, -0.1) is 0 Å². The highest BCUT2D eigenvalue weighted by Crippen LogP contribution is 2.26. The third-order valence-electron chi connectivity index (χ3n) is 17.3. The first-order valence-corrected chi connectivity index (χ1v) is 34.5. The summed E-state index contributed by atoms with van der Waals surface area (Å²) in [5.41, 5.74) is -0.767. The molecule has 0 radical (unpaired) electrons.